The molecule has 0 bridgehead atoms. The molecule has 1 aliphatic heterocycles. The summed E-state index contributed by atoms with van der Waals surface area (Å²) in [6.07, 6.45) is 2.03. The van der Waals surface area contributed by atoms with Crippen molar-refractivity contribution in [2.24, 2.45) is 0 Å². The number of carbonyl (C=O) groups is 1. The lowest BCUT2D eigenvalue weighted by Gasteiger charge is -2.17. The topological polar surface area (TPSA) is 48.7 Å². The van der Waals surface area contributed by atoms with E-state index in [-0.39, 0.29) is 17.8 Å². The number of ketones is 1. The van der Waals surface area contributed by atoms with Crippen molar-refractivity contribution in [3.63, 3.8) is 0 Å². The number of rotatable bonds is 7. The zero-order valence-corrected chi connectivity index (χ0v) is 16.0. The van der Waals surface area contributed by atoms with Crippen LogP contribution in [0.1, 0.15) is 32.7 Å². The molecule has 7 heteroatoms. The van der Waals surface area contributed by atoms with Gasteiger partial charge in [-0.25, -0.2) is 0 Å². The molecule has 3 heterocycles. The lowest BCUT2D eigenvalue weighted by Crippen LogP contribution is -2.04. The second-order valence-corrected chi connectivity index (χ2v) is 8.27. The van der Waals surface area contributed by atoms with Crippen molar-refractivity contribution in [2.75, 3.05) is 6.79 Å². The second kappa shape index (κ2) is 7.78. The van der Waals surface area contributed by atoms with Gasteiger partial charge in [-0.15, -0.1) is 23.1 Å². The Morgan fingerprint density at radius 3 is 2.96 bits per heavy atom. The fraction of sp³-hybridized carbons (Fsp3) is 0.211. The summed E-state index contributed by atoms with van der Waals surface area (Å²) < 4.78 is 16.3. The van der Waals surface area contributed by atoms with E-state index in [2.05, 4.69) is 0 Å². The van der Waals surface area contributed by atoms with Crippen molar-refractivity contribution < 1.29 is 18.7 Å². The van der Waals surface area contributed by atoms with Crippen LogP contribution in [0.3, 0.4) is 0 Å². The lowest BCUT2D eigenvalue weighted by atomic mass is 10.1. The van der Waals surface area contributed by atoms with Crippen molar-refractivity contribution in [1.82, 2.24) is 0 Å². The van der Waals surface area contributed by atoms with Crippen molar-refractivity contribution in [1.29, 1.82) is 0 Å². The van der Waals surface area contributed by atoms with Crippen LogP contribution in [0.4, 0.5) is 0 Å². The number of carbonyl (C=O) groups excluding carboxylic acids is 1. The first kappa shape index (κ1) is 17.5. The molecular weight excluding hydrogens is 392 g/mol. The minimum Gasteiger partial charge on any atom is -0.468 e. The Balaban J connectivity index is 1.59. The van der Waals surface area contributed by atoms with Crippen LogP contribution < -0.4 is 9.47 Å². The summed E-state index contributed by atoms with van der Waals surface area (Å²) in [5.74, 6) is 2.84. The first-order chi connectivity index (χ1) is 12.7. The summed E-state index contributed by atoms with van der Waals surface area (Å²) in [6, 6.07) is 11.3. The molecule has 0 radical (unpaired) electrons. The summed E-state index contributed by atoms with van der Waals surface area (Å²) in [5.41, 5.74) is 0.945. The van der Waals surface area contributed by atoms with Gasteiger partial charge in [0.1, 0.15) is 5.76 Å². The Morgan fingerprint density at radius 1 is 1.27 bits per heavy atom. The van der Waals surface area contributed by atoms with Crippen LogP contribution >= 0.6 is 34.7 Å². The van der Waals surface area contributed by atoms with E-state index in [1.54, 1.807) is 18.0 Å². The maximum absolute atomic E-state index is 12.7. The molecule has 1 unspecified atom stereocenters. The Hall–Kier alpha value is -1.89. The fourth-order valence-corrected chi connectivity index (χ4v) is 4.81. The van der Waals surface area contributed by atoms with Crippen LogP contribution in [-0.4, -0.2) is 12.6 Å². The SMILES string of the molecule is O=C(CC(SCc1ccco1)c1cc(Cl)c2c(c1)OCO2)c1cccs1. The summed E-state index contributed by atoms with van der Waals surface area (Å²) in [5, 5.41) is 2.35. The molecule has 2 aromatic heterocycles. The third kappa shape index (κ3) is 3.77. The number of furan rings is 1. The summed E-state index contributed by atoms with van der Waals surface area (Å²) in [4.78, 5) is 13.4. The number of thioether (sulfide) groups is 1. The summed E-state index contributed by atoms with van der Waals surface area (Å²) in [7, 11) is 0. The number of thiophene rings is 1. The predicted octanol–water partition coefficient (Wildman–Crippen LogP) is 5.97. The van der Waals surface area contributed by atoms with Crippen molar-refractivity contribution in [2.45, 2.75) is 17.4 Å². The van der Waals surface area contributed by atoms with E-state index in [4.69, 9.17) is 25.5 Å². The Morgan fingerprint density at radius 2 is 2.19 bits per heavy atom. The number of fused-ring (bicyclic) bond motifs is 1. The Bertz CT molecular complexity index is 891. The maximum atomic E-state index is 12.7. The van der Waals surface area contributed by atoms with Crippen molar-refractivity contribution in [3.05, 3.63) is 69.3 Å². The molecule has 1 aromatic carbocycles. The molecule has 1 atom stereocenters. The van der Waals surface area contributed by atoms with Gasteiger partial charge in [-0.2, -0.15) is 0 Å². The monoisotopic (exact) mass is 406 g/mol. The highest BCUT2D eigenvalue weighted by atomic mass is 35.5. The number of Topliss-reactive ketones (excluding diaryl/α,β-unsaturated/α-hetero) is 1. The first-order valence-electron chi connectivity index (χ1n) is 8.00. The molecule has 0 saturated carbocycles. The third-order valence-corrected chi connectivity index (χ3v) is 6.48. The zero-order valence-electron chi connectivity index (χ0n) is 13.6. The van der Waals surface area contributed by atoms with Crippen LogP contribution in [0.2, 0.25) is 5.02 Å². The average molecular weight is 407 g/mol. The van der Waals surface area contributed by atoms with Gasteiger partial charge in [0, 0.05) is 11.7 Å². The summed E-state index contributed by atoms with van der Waals surface area (Å²) in [6.45, 7) is 0.164. The highest BCUT2D eigenvalue weighted by Gasteiger charge is 2.24. The molecule has 0 aliphatic carbocycles. The van der Waals surface area contributed by atoms with Crippen LogP contribution in [0.25, 0.3) is 0 Å². The maximum Gasteiger partial charge on any atom is 0.231 e. The van der Waals surface area contributed by atoms with E-state index in [1.165, 1.54) is 11.3 Å². The molecule has 0 N–H and O–H groups in total. The zero-order chi connectivity index (χ0) is 17.9. The van der Waals surface area contributed by atoms with Gasteiger partial charge < -0.3 is 13.9 Å². The van der Waals surface area contributed by atoms with Gasteiger partial charge in [0.25, 0.3) is 0 Å². The second-order valence-electron chi connectivity index (χ2n) is 5.72. The standard InChI is InChI=1S/C19H15ClO4S2/c20-14-7-12(8-16-19(14)24-11-23-16)18(26-10-13-3-1-5-22-13)9-15(21)17-4-2-6-25-17/h1-8,18H,9-11H2. The number of benzene rings is 1. The molecule has 1 aliphatic rings. The Labute approximate surface area is 164 Å². The van der Waals surface area contributed by atoms with Crippen LogP contribution in [0.15, 0.2) is 52.5 Å². The lowest BCUT2D eigenvalue weighted by molar-refractivity contribution is 0.0986. The van der Waals surface area contributed by atoms with Gasteiger partial charge >= 0.3 is 0 Å². The number of hydrogen-bond donors (Lipinski definition) is 0. The van der Waals surface area contributed by atoms with Gasteiger partial charge in [0.05, 0.1) is 21.9 Å². The van der Waals surface area contributed by atoms with E-state index in [9.17, 15) is 4.79 Å². The van der Waals surface area contributed by atoms with Crippen molar-refractivity contribution >= 4 is 40.5 Å². The highest BCUT2D eigenvalue weighted by Crippen LogP contribution is 2.45. The van der Waals surface area contributed by atoms with Crippen LogP contribution in [0, 0.1) is 0 Å². The van der Waals surface area contributed by atoms with Gasteiger partial charge in [-0.05, 0) is 41.3 Å². The highest BCUT2D eigenvalue weighted by molar-refractivity contribution is 7.98. The average Bonchev–Trinajstić information content (AvgIpc) is 3.40. The number of ether oxygens (including phenoxy) is 2. The molecule has 0 saturated heterocycles. The first-order valence-corrected chi connectivity index (χ1v) is 10.3. The molecule has 134 valence electrons. The third-order valence-electron chi connectivity index (χ3n) is 4.00. The molecule has 0 fully saturated rings. The van der Waals surface area contributed by atoms with E-state index in [0.717, 1.165) is 16.2 Å². The van der Waals surface area contributed by atoms with E-state index >= 15 is 0 Å². The van der Waals surface area contributed by atoms with E-state index in [1.807, 2.05) is 41.8 Å². The molecule has 0 spiro atoms. The van der Waals surface area contributed by atoms with Gasteiger partial charge in [-0.1, -0.05) is 17.7 Å². The summed E-state index contributed by atoms with van der Waals surface area (Å²) >= 11 is 9.45. The number of hydrogen-bond acceptors (Lipinski definition) is 6. The van der Waals surface area contributed by atoms with E-state index in [0.29, 0.717) is 28.7 Å². The normalized spacial score (nSPS) is 13.7. The number of halogens is 1. The molecule has 26 heavy (non-hydrogen) atoms. The fourth-order valence-electron chi connectivity index (χ4n) is 2.73. The molecule has 3 aromatic rings. The quantitative estimate of drug-likeness (QED) is 0.452. The molecule has 4 nitrogen and oxygen atoms in total. The van der Waals surface area contributed by atoms with E-state index < -0.39 is 0 Å². The molecule has 0 amide bonds. The van der Waals surface area contributed by atoms with Gasteiger partial charge in [0.2, 0.25) is 6.79 Å². The van der Waals surface area contributed by atoms with Gasteiger partial charge in [-0.3, -0.25) is 4.79 Å². The Kier molecular flexibility index (Phi) is 5.24. The smallest absolute Gasteiger partial charge is 0.231 e. The largest absolute Gasteiger partial charge is 0.468 e. The van der Waals surface area contributed by atoms with Gasteiger partial charge in [0.15, 0.2) is 17.3 Å². The molecule has 4 rings (SSSR count). The minimum absolute atomic E-state index is 0.0679. The minimum atomic E-state index is -0.0679. The van der Waals surface area contributed by atoms with Crippen molar-refractivity contribution in [3.8, 4) is 11.5 Å². The van der Waals surface area contributed by atoms with Crippen LogP contribution in [-0.2, 0) is 5.75 Å². The van der Waals surface area contributed by atoms with Crippen LogP contribution in [0.5, 0.6) is 11.5 Å². The molecular formula is C19H15ClO4S2. The predicted molar refractivity (Wildman–Crippen MR) is 104 cm³/mol.